The molecular weight excluding hydrogens is 427 g/mol. The minimum absolute atomic E-state index is 0.0748. The molecule has 1 aliphatic heterocycles. The number of aryl methyl sites for hydroxylation is 1. The van der Waals surface area contributed by atoms with E-state index in [0.717, 1.165) is 37.1 Å². The lowest BCUT2D eigenvalue weighted by molar-refractivity contribution is -0.115. The minimum atomic E-state index is -0.380. The van der Waals surface area contributed by atoms with Gasteiger partial charge in [0.15, 0.2) is 11.0 Å². The third-order valence-corrected chi connectivity index (χ3v) is 6.59. The van der Waals surface area contributed by atoms with Crippen molar-refractivity contribution < 1.29 is 13.9 Å². The van der Waals surface area contributed by atoms with Crippen LogP contribution in [-0.2, 0) is 22.5 Å². The number of aromatic nitrogens is 3. The van der Waals surface area contributed by atoms with Crippen LogP contribution in [0, 0.1) is 5.82 Å². The van der Waals surface area contributed by atoms with E-state index in [1.54, 1.807) is 12.1 Å². The molecule has 1 aliphatic rings. The number of halogens is 1. The Morgan fingerprint density at radius 1 is 1.22 bits per heavy atom. The first-order valence-corrected chi connectivity index (χ1v) is 11.8. The summed E-state index contributed by atoms with van der Waals surface area (Å²) >= 11 is 1.35. The van der Waals surface area contributed by atoms with Gasteiger partial charge in [0, 0.05) is 17.9 Å². The molecule has 32 heavy (non-hydrogen) atoms. The highest BCUT2D eigenvalue weighted by molar-refractivity contribution is 8.00. The Bertz CT molecular complexity index is 1050. The fraction of sp³-hybridized carbons (Fsp3) is 0.375. The lowest BCUT2D eigenvalue weighted by Gasteiger charge is -2.16. The summed E-state index contributed by atoms with van der Waals surface area (Å²) in [6.45, 7) is 5.29. The van der Waals surface area contributed by atoms with Gasteiger partial charge in [0.1, 0.15) is 5.82 Å². The van der Waals surface area contributed by atoms with Gasteiger partial charge in [-0.05, 0) is 68.1 Å². The molecule has 1 amide bonds. The number of rotatable bonds is 8. The lowest BCUT2D eigenvalue weighted by Crippen LogP contribution is -2.23. The highest BCUT2D eigenvalue weighted by Gasteiger charge is 2.24. The minimum Gasteiger partial charge on any atom is -0.376 e. The average Bonchev–Trinajstić information content (AvgIpc) is 3.46. The van der Waals surface area contributed by atoms with E-state index in [9.17, 15) is 9.18 Å². The van der Waals surface area contributed by atoms with E-state index in [1.165, 1.54) is 29.5 Å². The van der Waals surface area contributed by atoms with Crippen molar-refractivity contribution in [1.29, 1.82) is 0 Å². The molecule has 0 aliphatic carbocycles. The van der Waals surface area contributed by atoms with Crippen molar-refractivity contribution in [2.24, 2.45) is 0 Å². The number of anilines is 1. The first-order valence-electron chi connectivity index (χ1n) is 10.9. The Labute approximate surface area is 191 Å². The molecule has 4 rings (SSSR count). The molecule has 168 valence electrons. The van der Waals surface area contributed by atoms with Crippen LogP contribution in [0.15, 0.2) is 53.7 Å². The second-order valence-electron chi connectivity index (χ2n) is 7.86. The number of amides is 1. The van der Waals surface area contributed by atoms with Gasteiger partial charge in [-0.3, -0.25) is 9.36 Å². The molecule has 2 aromatic carbocycles. The van der Waals surface area contributed by atoms with Gasteiger partial charge in [0.05, 0.1) is 17.9 Å². The SMILES string of the molecule is CCc1ccc(NC(=O)C(C)Sc2nnc(-c3ccc(F)cc3)n2CC2CCCO2)cc1. The van der Waals surface area contributed by atoms with Gasteiger partial charge >= 0.3 is 0 Å². The number of ether oxygens (including phenoxy) is 1. The lowest BCUT2D eigenvalue weighted by atomic mass is 10.1. The van der Waals surface area contributed by atoms with Crippen LogP contribution in [0.3, 0.4) is 0 Å². The quantitative estimate of drug-likeness (QED) is 0.488. The van der Waals surface area contributed by atoms with Crippen LogP contribution < -0.4 is 5.32 Å². The first kappa shape index (κ1) is 22.5. The predicted molar refractivity (Wildman–Crippen MR) is 124 cm³/mol. The molecule has 2 unspecified atom stereocenters. The zero-order valence-electron chi connectivity index (χ0n) is 18.3. The standard InChI is InChI=1S/C24H27FN4O2S/c1-3-17-6-12-20(13-7-17)26-23(30)16(2)32-24-28-27-22(18-8-10-19(25)11-9-18)29(24)15-21-5-4-14-31-21/h6-13,16,21H,3-5,14-15H2,1-2H3,(H,26,30). The maximum absolute atomic E-state index is 13.4. The second-order valence-corrected chi connectivity index (χ2v) is 9.17. The number of hydrogen-bond donors (Lipinski definition) is 1. The number of hydrogen-bond acceptors (Lipinski definition) is 5. The van der Waals surface area contributed by atoms with Gasteiger partial charge in [-0.1, -0.05) is 30.8 Å². The largest absolute Gasteiger partial charge is 0.376 e. The number of carbonyl (C=O) groups is 1. The van der Waals surface area contributed by atoms with Crippen LogP contribution in [0.4, 0.5) is 10.1 Å². The fourth-order valence-electron chi connectivity index (χ4n) is 3.62. The van der Waals surface area contributed by atoms with Crippen LogP contribution in [0.2, 0.25) is 0 Å². The van der Waals surface area contributed by atoms with Gasteiger partial charge in [0.2, 0.25) is 5.91 Å². The van der Waals surface area contributed by atoms with Crippen molar-refractivity contribution in [3.8, 4) is 11.4 Å². The molecule has 1 fully saturated rings. The first-order chi connectivity index (χ1) is 15.5. The Hall–Kier alpha value is -2.71. The van der Waals surface area contributed by atoms with Crippen molar-refractivity contribution in [3.05, 3.63) is 59.9 Å². The Kier molecular flexibility index (Phi) is 7.22. The van der Waals surface area contributed by atoms with E-state index >= 15 is 0 Å². The zero-order chi connectivity index (χ0) is 22.5. The molecule has 2 heterocycles. The molecule has 1 saturated heterocycles. The number of nitrogens with one attached hydrogen (secondary N) is 1. The van der Waals surface area contributed by atoms with Crippen LogP contribution in [-0.4, -0.2) is 38.6 Å². The van der Waals surface area contributed by atoms with Crippen LogP contribution >= 0.6 is 11.8 Å². The van der Waals surface area contributed by atoms with Crippen LogP contribution in [0.1, 0.15) is 32.3 Å². The molecular formula is C24H27FN4O2S. The molecule has 1 aromatic heterocycles. The third kappa shape index (κ3) is 5.37. The van der Waals surface area contributed by atoms with Crippen LogP contribution in [0.5, 0.6) is 0 Å². The van der Waals surface area contributed by atoms with E-state index < -0.39 is 0 Å². The van der Waals surface area contributed by atoms with Crippen LogP contribution in [0.25, 0.3) is 11.4 Å². The molecule has 1 N–H and O–H groups in total. The van der Waals surface area contributed by atoms with E-state index in [4.69, 9.17) is 4.74 Å². The third-order valence-electron chi connectivity index (χ3n) is 5.51. The normalized spacial score (nSPS) is 16.8. The van der Waals surface area contributed by atoms with Gasteiger partial charge in [-0.15, -0.1) is 10.2 Å². The molecule has 0 radical (unpaired) electrons. The Morgan fingerprint density at radius 3 is 2.62 bits per heavy atom. The molecule has 2 atom stereocenters. The van der Waals surface area contributed by atoms with E-state index in [1.807, 2.05) is 35.8 Å². The summed E-state index contributed by atoms with van der Waals surface area (Å²) in [5.41, 5.74) is 2.77. The summed E-state index contributed by atoms with van der Waals surface area (Å²) < 4.78 is 21.2. The zero-order valence-corrected chi connectivity index (χ0v) is 19.1. The highest BCUT2D eigenvalue weighted by atomic mass is 32.2. The van der Waals surface area contributed by atoms with Crippen molar-refractivity contribution in [1.82, 2.24) is 14.8 Å². The van der Waals surface area contributed by atoms with E-state index in [2.05, 4.69) is 22.4 Å². The molecule has 0 bridgehead atoms. The second kappa shape index (κ2) is 10.3. The van der Waals surface area contributed by atoms with E-state index in [0.29, 0.717) is 17.5 Å². The maximum atomic E-state index is 13.4. The summed E-state index contributed by atoms with van der Waals surface area (Å²) in [5, 5.41) is 11.9. The van der Waals surface area contributed by atoms with Crippen molar-refractivity contribution in [2.75, 3.05) is 11.9 Å². The number of thioether (sulfide) groups is 1. The number of carbonyl (C=O) groups excluding carboxylic acids is 1. The fourth-order valence-corrected chi connectivity index (χ4v) is 4.48. The maximum Gasteiger partial charge on any atom is 0.237 e. The van der Waals surface area contributed by atoms with E-state index in [-0.39, 0.29) is 23.1 Å². The number of nitrogens with zero attached hydrogens (tertiary/aromatic N) is 3. The molecule has 0 spiro atoms. The van der Waals surface area contributed by atoms with Crippen molar-refractivity contribution in [2.45, 2.75) is 56.2 Å². The predicted octanol–water partition coefficient (Wildman–Crippen LogP) is 4.94. The number of benzene rings is 2. The molecule has 8 heteroatoms. The molecule has 0 saturated carbocycles. The van der Waals surface area contributed by atoms with Gasteiger partial charge < -0.3 is 10.1 Å². The molecule has 3 aromatic rings. The summed E-state index contributed by atoms with van der Waals surface area (Å²) in [5.74, 6) is 0.241. The average molecular weight is 455 g/mol. The highest BCUT2D eigenvalue weighted by Crippen LogP contribution is 2.29. The smallest absolute Gasteiger partial charge is 0.237 e. The Balaban J connectivity index is 1.52. The van der Waals surface area contributed by atoms with Gasteiger partial charge in [0.25, 0.3) is 0 Å². The summed E-state index contributed by atoms with van der Waals surface area (Å²) in [6, 6.07) is 14.1. The van der Waals surface area contributed by atoms with Gasteiger partial charge in [-0.2, -0.15) is 0 Å². The molecule has 6 nitrogen and oxygen atoms in total. The van der Waals surface area contributed by atoms with Crippen molar-refractivity contribution in [3.63, 3.8) is 0 Å². The van der Waals surface area contributed by atoms with Crippen molar-refractivity contribution >= 4 is 23.4 Å². The Morgan fingerprint density at radius 2 is 1.97 bits per heavy atom. The monoisotopic (exact) mass is 454 g/mol. The summed E-state index contributed by atoms with van der Waals surface area (Å²) in [4.78, 5) is 12.8. The topological polar surface area (TPSA) is 69.0 Å². The van der Waals surface area contributed by atoms with Gasteiger partial charge in [-0.25, -0.2) is 4.39 Å². The summed E-state index contributed by atoms with van der Waals surface area (Å²) in [6.07, 6.45) is 3.02. The summed E-state index contributed by atoms with van der Waals surface area (Å²) in [7, 11) is 0.